The smallest absolute Gasteiger partial charge is 0.257 e. The van der Waals surface area contributed by atoms with Crippen molar-refractivity contribution in [2.24, 2.45) is 5.16 Å². The summed E-state index contributed by atoms with van der Waals surface area (Å²) in [4.78, 5) is 5.16. The number of aromatic nitrogens is 2. The predicted octanol–water partition coefficient (Wildman–Crippen LogP) is 3.44. The lowest BCUT2D eigenvalue weighted by molar-refractivity contribution is 0.112. The molecule has 8 heteroatoms. The molecule has 0 atom stereocenters. The van der Waals surface area contributed by atoms with Crippen LogP contribution < -0.4 is 9.47 Å². The van der Waals surface area contributed by atoms with Gasteiger partial charge in [-0.05, 0) is 42.5 Å². The van der Waals surface area contributed by atoms with E-state index in [1.54, 1.807) is 38.5 Å². The zero-order chi connectivity index (χ0) is 18.4. The number of halogens is 1. The quantitative estimate of drug-likeness (QED) is 0.476. The van der Waals surface area contributed by atoms with Gasteiger partial charge in [-0.2, -0.15) is 0 Å². The molecule has 3 aromatic rings. The zero-order valence-corrected chi connectivity index (χ0v) is 14.2. The van der Waals surface area contributed by atoms with E-state index in [-0.39, 0.29) is 24.2 Å². The lowest BCUT2D eigenvalue weighted by Crippen LogP contribution is -1.93. The van der Waals surface area contributed by atoms with Gasteiger partial charge in [0.1, 0.15) is 5.82 Å². The molecule has 0 saturated heterocycles. The Labute approximate surface area is 149 Å². The second kappa shape index (κ2) is 8.11. The molecule has 0 spiro atoms. The molecule has 0 unspecified atom stereocenters. The van der Waals surface area contributed by atoms with E-state index in [2.05, 4.69) is 15.4 Å². The number of nitrogens with zero attached hydrogens (tertiary/aromatic N) is 3. The fourth-order valence-corrected chi connectivity index (χ4v) is 2.14. The molecule has 0 aliphatic carbocycles. The first-order valence-corrected chi connectivity index (χ1v) is 7.65. The van der Waals surface area contributed by atoms with E-state index in [1.807, 2.05) is 6.07 Å². The van der Waals surface area contributed by atoms with E-state index in [1.165, 1.54) is 18.3 Å². The molecule has 3 rings (SSSR count). The van der Waals surface area contributed by atoms with Gasteiger partial charge in [0.25, 0.3) is 5.89 Å². The third-order valence-corrected chi connectivity index (χ3v) is 3.43. The fraction of sp³-hybridized carbons (Fsp3) is 0.167. The minimum Gasteiger partial charge on any atom is -0.493 e. The summed E-state index contributed by atoms with van der Waals surface area (Å²) >= 11 is 0. The number of benzene rings is 2. The van der Waals surface area contributed by atoms with Crippen LogP contribution in [0.1, 0.15) is 11.5 Å². The Morgan fingerprint density at radius 2 is 1.81 bits per heavy atom. The van der Waals surface area contributed by atoms with Crippen LogP contribution in [-0.2, 0) is 11.4 Å². The number of hydrogen-bond acceptors (Lipinski definition) is 7. The third kappa shape index (κ3) is 4.15. The minimum absolute atomic E-state index is 0.0119. The van der Waals surface area contributed by atoms with Gasteiger partial charge in [-0.3, -0.25) is 0 Å². The maximum atomic E-state index is 12.9. The maximum Gasteiger partial charge on any atom is 0.257 e. The average molecular weight is 357 g/mol. The van der Waals surface area contributed by atoms with E-state index >= 15 is 0 Å². The van der Waals surface area contributed by atoms with Crippen LogP contribution in [0.4, 0.5) is 4.39 Å². The first kappa shape index (κ1) is 17.4. The molecule has 26 heavy (non-hydrogen) atoms. The van der Waals surface area contributed by atoms with Crippen LogP contribution in [0.3, 0.4) is 0 Å². The lowest BCUT2D eigenvalue weighted by atomic mass is 10.2. The highest BCUT2D eigenvalue weighted by Gasteiger charge is 2.09. The number of ether oxygens (including phenoxy) is 2. The van der Waals surface area contributed by atoms with Crippen molar-refractivity contribution in [3.63, 3.8) is 0 Å². The largest absolute Gasteiger partial charge is 0.493 e. The summed E-state index contributed by atoms with van der Waals surface area (Å²) in [5.41, 5.74) is 1.40. The first-order chi connectivity index (χ1) is 12.7. The molecule has 0 saturated carbocycles. The molecule has 7 nitrogen and oxygen atoms in total. The highest BCUT2D eigenvalue weighted by atomic mass is 19.1. The Kier molecular flexibility index (Phi) is 5.43. The van der Waals surface area contributed by atoms with Gasteiger partial charge in [-0.15, -0.1) is 10.2 Å². The Hall–Kier alpha value is -3.42. The molecule has 0 amide bonds. The standard InChI is InChI=1S/C18H16FN3O4/c1-23-15-8-3-12(9-16(15)24-2)10-20-25-11-17-21-22-18(26-17)13-4-6-14(19)7-5-13/h3-10H,11H2,1-2H3/b20-10-. The van der Waals surface area contributed by atoms with Crippen LogP contribution >= 0.6 is 0 Å². The molecule has 0 fully saturated rings. The van der Waals surface area contributed by atoms with Crippen LogP contribution in [0.5, 0.6) is 11.5 Å². The fourth-order valence-electron chi connectivity index (χ4n) is 2.14. The van der Waals surface area contributed by atoms with Crippen molar-refractivity contribution < 1.29 is 23.1 Å². The number of methoxy groups -OCH3 is 2. The molecule has 2 aromatic carbocycles. The Morgan fingerprint density at radius 1 is 1.04 bits per heavy atom. The van der Waals surface area contributed by atoms with Crippen LogP contribution in [-0.4, -0.2) is 30.6 Å². The second-order valence-electron chi connectivity index (χ2n) is 5.13. The van der Waals surface area contributed by atoms with Crippen molar-refractivity contribution in [3.05, 3.63) is 59.7 Å². The summed E-state index contributed by atoms with van der Waals surface area (Å²) in [6.45, 7) is 0.0119. The summed E-state index contributed by atoms with van der Waals surface area (Å²) in [6, 6.07) is 11.1. The first-order valence-electron chi connectivity index (χ1n) is 7.65. The van der Waals surface area contributed by atoms with E-state index < -0.39 is 0 Å². The van der Waals surface area contributed by atoms with Crippen molar-refractivity contribution in [3.8, 4) is 23.0 Å². The van der Waals surface area contributed by atoms with E-state index in [0.29, 0.717) is 17.1 Å². The third-order valence-electron chi connectivity index (χ3n) is 3.43. The van der Waals surface area contributed by atoms with Crippen molar-refractivity contribution in [1.82, 2.24) is 10.2 Å². The molecule has 0 aliphatic rings. The van der Waals surface area contributed by atoms with Gasteiger partial charge in [-0.25, -0.2) is 4.39 Å². The van der Waals surface area contributed by atoms with E-state index in [4.69, 9.17) is 18.7 Å². The summed E-state index contributed by atoms with van der Waals surface area (Å²) in [5, 5.41) is 11.6. The van der Waals surface area contributed by atoms with Crippen molar-refractivity contribution in [2.45, 2.75) is 6.61 Å². The SMILES string of the molecule is COc1ccc(/C=N\OCc2nnc(-c3ccc(F)cc3)o2)cc1OC. The highest BCUT2D eigenvalue weighted by Crippen LogP contribution is 2.26. The Morgan fingerprint density at radius 3 is 2.54 bits per heavy atom. The number of rotatable bonds is 7. The molecule has 0 aliphatic heterocycles. The van der Waals surface area contributed by atoms with Crippen molar-refractivity contribution in [1.29, 1.82) is 0 Å². The summed E-state index contributed by atoms with van der Waals surface area (Å²) in [5.74, 6) is 1.43. The summed E-state index contributed by atoms with van der Waals surface area (Å²) in [7, 11) is 3.13. The van der Waals surface area contributed by atoms with Crippen LogP contribution in [0, 0.1) is 5.82 Å². The van der Waals surface area contributed by atoms with Gasteiger partial charge in [0.15, 0.2) is 18.1 Å². The van der Waals surface area contributed by atoms with Gasteiger partial charge in [0.2, 0.25) is 5.89 Å². The molecule has 1 heterocycles. The zero-order valence-electron chi connectivity index (χ0n) is 14.2. The summed E-state index contributed by atoms with van der Waals surface area (Å²) < 4.78 is 28.8. The maximum absolute atomic E-state index is 12.9. The highest BCUT2D eigenvalue weighted by molar-refractivity contribution is 5.80. The topological polar surface area (TPSA) is 79.0 Å². The predicted molar refractivity (Wildman–Crippen MR) is 91.6 cm³/mol. The van der Waals surface area contributed by atoms with Gasteiger partial charge < -0.3 is 18.7 Å². The Bertz CT molecular complexity index is 894. The normalized spacial score (nSPS) is 10.9. The average Bonchev–Trinajstić information content (AvgIpc) is 3.14. The lowest BCUT2D eigenvalue weighted by Gasteiger charge is -2.07. The van der Waals surface area contributed by atoms with Gasteiger partial charge in [0.05, 0.1) is 20.4 Å². The second-order valence-corrected chi connectivity index (χ2v) is 5.13. The summed E-state index contributed by atoms with van der Waals surface area (Å²) in [6.07, 6.45) is 1.53. The monoisotopic (exact) mass is 357 g/mol. The van der Waals surface area contributed by atoms with E-state index in [0.717, 1.165) is 5.56 Å². The minimum atomic E-state index is -0.332. The van der Waals surface area contributed by atoms with Crippen LogP contribution in [0.2, 0.25) is 0 Å². The van der Waals surface area contributed by atoms with Gasteiger partial charge in [0, 0.05) is 11.1 Å². The molecule has 1 aromatic heterocycles. The molecular weight excluding hydrogens is 341 g/mol. The van der Waals surface area contributed by atoms with Crippen molar-refractivity contribution in [2.75, 3.05) is 14.2 Å². The molecule has 134 valence electrons. The molecule has 0 radical (unpaired) electrons. The van der Waals surface area contributed by atoms with Gasteiger partial charge >= 0.3 is 0 Å². The van der Waals surface area contributed by atoms with Crippen LogP contribution in [0.15, 0.2) is 52.0 Å². The van der Waals surface area contributed by atoms with Gasteiger partial charge in [-0.1, -0.05) is 5.16 Å². The number of oxime groups is 1. The van der Waals surface area contributed by atoms with Crippen LogP contribution in [0.25, 0.3) is 11.5 Å². The molecule has 0 bridgehead atoms. The molecule has 0 N–H and O–H groups in total. The van der Waals surface area contributed by atoms with E-state index in [9.17, 15) is 4.39 Å². The Balaban J connectivity index is 1.58. The molecular formula is C18H16FN3O4. The van der Waals surface area contributed by atoms with Crippen molar-refractivity contribution >= 4 is 6.21 Å². The number of hydrogen-bond donors (Lipinski definition) is 0.